The molecule has 0 saturated carbocycles. The predicted molar refractivity (Wildman–Crippen MR) is 145 cm³/mol. The van der Waals surface area contributed by atoms with Gasteiger partial charge in [-0.2, -0.15) is 5.10 Å². The van der Waals surface area contributed by atoms with Crippen LogP contribution >= 0.6 is 0 Å². The van der Waals surface area contributed by atoms with Crippen LogP contribution in [0, 0.1) is 18.6 Å². The maximum atomic E-state index is 13.6. The zero-order valence-corrected chi connectivity index (χ0v) is 22.8. The summed E-state index contributed by atoms with van der Waals surface area (Å²) in [4.78, 5) is 30.4. The van der Waals surface area contributed by atoms with Crippen LogP contribution in [-0.2, 0) is 24.2 Å². The van der Waals surface area contributed by atoms with Crippen molar-refractivity contribution >= 4 is 17.5 Å². The molecule has 2 heterocycles. The van der Waals surface area contributed by atoms with Gasteiger partial charge in [0.15, 0.2) is 17.3 Å². The van der Waals surface area contributed by atoms with Gasteiger partial charge in [0.2, 0.25) is 0 Å². The van der Waals surface area contributed by atoms with E-state index in [9.17, 15) is 18.4 Å². The largest absolute Gasteiger partial charge is 0.456 e. The lowest BCUT2D eigenvalue weighted by atomic mass is 9.97. The van der Waals surface area contributed by atoms with Gasteiger partial charge in [-0.3, -0.25) is 4.79 Å². The van der Waals surface area contributed by atoms with Crippen LogP contribution in [0.3, 0.4) is 0 Å². The molecule has 0 spiro atoms. The number of benzene rings is 2. The van der Waals surface area contributed by atoms with Crippen molar-refractivity contribution in [1.29, 1.82) is 0 Å². The van der Waals surface area contributed by atoms with Crippen LogP contribution < -0.4 is 10.6 Å². The first-order valence-electron chi connectivity index (χ1n) is 13.1. The van der Waals surface area contributed by atoms with Crippen LogP contribution in [0.5, 0.6) is 0 Å². The van der Waals surface area contributed by atoms with Gasteiger partial charge >= 0.3 is 5.97 Å². The number of ether oxygens (including phenoxy) is 1. The minimum Gasteiger partial charge on any atom is -0.456 e. The first kappa shape index (κ1) is 27.4. The second kappa shape index (κ2) is 10.8. The molecule has 40 heavy (non-hydrogen) atoms. The van der Waals surface area contributed by atoms with E-state index < -0.39 is 23.1 Å². The summed E-state index contributed by atoms with van der Waals surface area (Å²) >= 11 is 0. The topological polar surface area (TPSA) is 97.6 Å². The number of carbonyl (C=O) groups excluding carboxylic acids is 2. The Bertz CT molecular complexity index is 1610. The second-order valence-electron chi connectivity index (χ2n) is 10.9. The van der Waals surface area contributed by atoms with E-state index in [1.165, 1.54) is 10.6 Å². The van der Waals surface area contributed by atoms with E-state index in [2.05, 4.69) is 20.7 Å². The number of nitrogens with zero attached hydrogens (tertiary/aromatic N) is 3. The number of carbonyl (C=O) groups is 2. The van der Waals surface area contributed by atoms with Crippen molar-refractivity contribution in [2.45, 2.75) is 65.3 Å². The number of esters is 1. The highest BCUT2D eigenvalue weighted by Crippen LogP contribution is 2.35. The summed E-state index contributed by atoms with van der Waals surface area (Å²) in [7, 11) is 0. The molecule has 1 aliphatic carbocycles. The number of nitrogens with one attached hydrogen (secondary N) is 2. The van der Waals surface area contributed by atoms with Gasteiger partial charge in [0, 0.05) is 25.2 Å². The van der Waals surface area contributed by atoms with E-state index in [1.54, 1.807) is 18.3 Å². The van der Waals surface area contributed by atoms with E-state index in [1.807, 2.05) is 39.8 Å². The normalized spacial score (nSPS) is 14.8. The van der Waals surface area contributed by atoms with E-state index in [-0.39, 0.29) is 24.2 Å². The number of hydrogen-bond acceptors (Lipinski definition) is 6. The van der Waals surface area contributed by atoms with E-state index in [0.717, 1.165) is 41.7 Å². The summed E-state index contributed by atoms with van der Waals surface area (Å²) in [5.41, 5.74) is 5.13. The Morgan fingerprint density at radius 3 is 2.62 bits per heavy atom. The maximum absolute atomic E-state index is 13.6. The number of amides is 1. The zero-order chi connectivity index (χ0) is 28.6. The van der Waals surface area contributed by atoms with Gasteiger partial charge in [-0.05, 0) is 87.1 Å². The highest BCUT2D eigenvalue weighted by Gasteiger charge is 2.28. The number of halogens is 2. The third kappa shape index (κ3) is 5.72. The highest BCUT2D eigenvalue weighted by molar-refractivity contribution is 5.93. The monoisotopic (exact) mass is 547 g/mol. The van der Waals surface area contributed by atoms with E-state index in [4.69, 9.17) is 4.74 Å². The molecule has 1 amide bonds. The molecular formula is C30H31F2N5O3. The quantitative estimate of drug-likeness (QED) is 0.317. The van der Waals surface area contributed by atoms with Crippen LogP contribution in [-0.4, -0.2) is 32.1 Å². The average Bonchev–Trinajstić information content (AvgIpc) is 3.54. The summed E-state index contributed by atoms with van der Waals surface area (Å²) in [5.74, 6) is -2.65. The molecule has 0 saturated heterocycles. The third-order valence-electron chi connectivity index (χ3n) is 6.92. The van der Waals surface area contributed by atoms with Gasteiger partial charge in [-0.25, -0.2) is 23.1 Å². The Labute approximate surface area is 230 Å². The Hall–Kier alpha value is -4.18. The SMILES string of the molecule is Cc1c(C(=O)OC(C)(C)C)ccc2c1CC[C@@H]2NCc1cc(C(=O)NCc2ccc(F)c(F)c2)n2nccc2n1. The van der Waals surface area contributed by atoms with E-state index >= 15 is 0 Å². The predicted octanol–water partition coefficient (Wildman–Crippen LogP) is 4.98. The lowest BCUT2D eigenvalue weighted by molar-refractivity contribution is 0.00684. The number of rotatable bonds is 7. The van der Waals surface area contributed by atoms with Crippen molar-refractivity contribution in [2.24, 2.45) is 0 Å². The fourth-order valence-electron chi connectivity index (χ4n) is 5.01. The third-order valence-corrected chi connectivity index (χ3v) is 6.92. The second-order valence-corrected chi connectivity index (χ2v) is 10.9. The van der Waals surface area contributed by atoms with Gasteiger partial charge in [0.1, 0.15) is 11.3 Å². The summed E-state index contributed by atoms with van der Waals surface area (Å²) < 4.78 is 33.8. The smallest absolute Gasteiger partial charge is 0.338 e. The Balaban J connectivity index is 1.30. The molecule has 0 unspecified atom stereocenters. The minimum atomic E-state index is -0.969. The molecule has 8 nitrogen and oxygen atoms in total. The first-order chi connectivity index (χ1) is 19.0. The Kier molecular flexibility index (Phi) is 7.37. The van der Waals surface area contributed by atoms with Crippen molar-refractivity contribution in [3.8, 4) is 0 Å². The fourth-order valence-corrected chi connectivity index (χ4v) is 5.01. The highest BCUT2D eigenvalue weighted by atomic mass is 19.2. The molecular weight excluding hydrogens is 516 g/mol. The van der Waals surface area contributed by atoms with Gasteiger partial charge in [0.25, 0.3) is 5.91 Å². The number of fused-ring (bicyclic) bond motifs is 2. The summed E-state index contributed by atoms with van der Waals surface area (Å²) in [6.45, 7) is 7.95. The maximum Gasteiger partial charge on any atom is 0.338 e. The number of aromatic nitrogens is 3. The van der Waals surface area contributed by atoms with Gasteiger partial charge < -0.3 is 15.4 Å². The van der Waals surface area contributed by atoms with Crippen LogP contribution in [0.15, 0.2) is 48.7 Å². The van der Waals surface area contributed by atoms with Crippen molar-refractivity contribution in [1.82, 2.24) is 25.2 Å². The Morgan fingerprint density at radius 2 is 1.88 bits per heavy atom. The average molecular weight is 548 g/mol. The van der Waals surface area contributed by atoms with Crippen molar-refractivity contribution < 1.29 is 23.1 Å². The summed E-state index contributed by atoms with van der Waals surface area (Å²) in [5, 5.41) is 10.5. The first-order valence-corrected chi connectivity index (χ1v) is 13.1. The molecule has 208 valence electrons. The van der Waals surface area contributed by atoms with Gasteiger partial charge in [0.05, 0.1) is 17.5 Å². The molecule has 2 N–H and O–H groups in total. The van der Waals surface area contributed by atoms with Crippen LogP contribution in [0.1, 0.15) is 82.0 Å². The Morgan fingerprint density at radius 1 is 1.07 bits per heavy atom. The van der Waals surface area contributed by atoms with Crippen molar-refractivity contribution in [3.63, 3.8) is 0 Å². The molecule has 4 aromatic rings. The minimum absolute atomic E-state index is 0.0260. The lowest BCUT2D eigenvalue weighted by Crippen LogP contribution is -2.27. The van der Waals surface area contributed by atoms with Gasteiger partial charge in [-0.1, -0.05) is 12.1 Å². The molecule has 5 rings (SSSR count). The zero-order valence-electron chi connectivity index (χ0n) is 22.8. The standard InChI is InChI=1S/C30H31F2N5O3/c1-17-20-8-10-25(22(20)7-6-21(17)29(39)40-30(2,3)4)33-16-19-14-26(37-27(36-19)11-12-35-37)28(38)34-15-18-5-9-23(31)24(32)13-18/h5-7,9,11-14,25,33H,8,10,15-16H2,1-4H3,(H,34,38)/t25-/m0/s1. The van der Waals surface area contributed by atoms with Crippen molar-refractivity contribution in [2.75, 3.05) is 0 Å². The molecule has 2 aromatic heterocycles. The molecule has 0 aliphatic heterocycles. The molecule has 1 aliphatic rings. The molecule has 2 aromatic carbocycles. The van der Waals surface area contributed by atoms with Crippen molar-refractivity contribution in [3.05, 3.63) is 99.5 Å². The van der Waals surface area contributed by atoms with Crippen LogP contribution in [0.4, 0.5) is 8.78 Å². The number of hydrogen-bond donors (Lipinski definition) is 2. The molecule has 0 radical (unpaired) electrons. The molecule has 10 heteroatoms. The fraction of sp³-hybridized carbons (Fsp3) is 0.333. The van der Waals surface area contributed by atoms with Crippen LogP contribution in [0.2, 0.25) is 0 Å². The summed E-state index contributed by atoms with van der Waals surface area (Å²) in [6.07, 6.45) is 3.26. The lowest BCUT2D eigenvalue weighted by Gasteiger charge is -2.21. The molecule has 1 atom stereocenters. The van der Waals surface area contributed by atoms with E-state index in [0.29, 0.717) is 29.0 Å². The summed E-state index contributed by atoms with van der Waals surface area (Å²) in [6, 6.07) is 10.8. The van der Waals surface area contributed by atoms with Gasteiger partial charge in [-0.15, -0.1) is 0 Å². The molecule has 0 fully saturated rings. The van der Waals surface area contributed by atoms with Crippen LogP contribution in [0.25, 0.3) is 5.65 Å². The molecule has 0 bridgehead atoms.